The van der Waals surface area contributed by atoms with Crippen LogP contribution in [0.4, 0.5) is 0 Å². The fraction of sp³-hybridized carbons (Fsp3) is 0.723. The Kier molecular flexibility index (Phi) is 56.0. The number of hydrogen-bond donors (Lipinski definition) is 12. The number of carbonyl (C=O) groups is 1. The van der Waals surface area contributed by atoms with E-state index in [1.807, 2.05) is 12.2 Å². The summed E-state index contributed by atoms with van der Waals surface area (Å²) in [7, 11) is 0. The summed E-state index contributed by atoms with van der Waals surface area (Å²) in [6.07, 6.45) is 61.6. The fourth-order valence-corrected chi connectivity index (χ4v) is 12.4. The molecular weight excluding hydrogens is 1300 g/mol. The topological polar surface area (TPSA) is 307 Å². The summed E-state index contributed by atoms with van der Waals surface area (Å²) in [6.45, 7) is 1.57. The zero-order chi connectivity index (χ0) is 73.9. The number of amides is 1. The summed E-state index contributed by atoms with van der Waals surface area (Å²) in [5.74, 6) is -0.347. The van der Waals surface area contributed by atoms with E-state index in [0.717, 1.165) is 77.0 Å². The van der Waals surface area contributed by atoms with E-state index < -0.39 is 131 Å². The Bertz CT molecular complexity index is 2370. The van der Waals surface area contributed by atoms with Gasteiger partial charge in [0.25, 0.3) is 0 Å². The number of aliphatic hydroxyl groups is 11. The van der Waals surface area contributed by atoms with Gasteiger partial charge in [-0.25, -0.2) is 0 Å². The van der Waals surface area contributed by atoms with Gasteiger partial charge in [0.1, 0.15) is 73.2 Å². The van der Waals surface area contributed by atoms with Crippen LogP contribution >= 0.6 is 0 Å². The van der Waals surface area contributed by atoms with Crippen molar-refractivity contribution in [3.8, 4) is 0 Å². The monoisotopic (exact) mass is 1440 g/mol. The molecule has 3 rings (SSSR count). The quantitative estimate of drug-likeness (QED) is 0.0199. The molecule has 3 aliphatic rings. The van der Waals surface area contributed by atoms with Gasteiger partial charge in [0, 0.05) is 6.42 Å². The number of carbonyl (C=O) groups excluding carboxylic acids is 1. The molecule has 17 unspecified atom stereocenters. The van der Waals surface area contributed by atoms with Crippen LogP contribution in [0.1, 0.15) is 251 Å². The molecule has 0 aromatic heterocycles. The van der Waals surface area contributed by atoms with Gasteiger partial charge in [0.15, 0.2) is 18.9 Å². The Hall–Kier alpha value is -4.07. The molecule has 3 heterocycles. The van der Waals surface area contributed by atoms with E-state index in [4.69, 9.17) is 28.4 Å². The number of aliphatic hydroxyl groups excluding tert-OH is 11. The second-order valence-electron chi connectivity index (χ2n) is 27.4. The van der Waals surface area contributed by atoms with Gasteiger partial charge in [-0.15, -0.1) is 0 Å². The number of ether oxygens (including phenoxy) is 6. The summed E-state index contributed by atoms with van der Waals surface area (Å²) >= 11 is 0. The second-order valence-corrected chi connectivity index (χ2v) is 27.4. The van der Waals surface area contributed by atoms with Gasteiger partial charge in [-0.05, 0) is 96.3 Å². The molecule has 17 atom stereocenters. The summed E-state index contributed by atoms with van der Waals surface area (Å²) in [4.78, 5) is 13.4. The maximum Gasteiger partial charge on any atom is 0.220 e. The van der Waals surface area contributed by atoms with Crippen LogP contribution < -0.4 is 5.32 Å². The van der Waals surface area contributed by atoms with Gasteiger partial charge in [0.05, 0.1) is 38.6 Å². The van der Waals surface area contributed by atoms with E-state index in [2.05, 4.69) is 135 Å². The van der Waals surface area contributed by atoms with E-state index in [0.29, 0.717) is 19.3 Å². The average molecular weight is 1440 g/mol. The van der Waals surface area contributed by atoms with Crippen LogP contribution in [0.2, 0.25) is 0 Å². The normalized spacial score (nSPS) is 26.9. The SMILES string of the molecule is CC/C=C\C/C=C\C/C=C\C/C=C\C/C=C\C/C=C\C/C=C\C/C=C\C/C=C\CCCC(=O)NC(COC1OC(CO)C(OC2OC(CO)C(OC3OC(CO)C(O)C(O)C3O)C(O)C2O)C(O)C1O)C(O)/C=C/CC/C=C/CCCCCCCCCCCCCCCCCCCCCCCC. The minimum atomic E-state index is -1.99. The summed E-state index contributed by atoms with van der Waals surface area (Å²) < 4.78 is 34.4. The van der Waals surface area contributed by atoms with Crippen molar-refractivity contribution >= 4 is 5.91 Å². The number of unbranched alkanes of at least 4 members (excludes halogenated alkanes) is 24. The van der Waals surface area contributed by atoms with Crippen molar-refractivity contribution in [3.05, 3.63) is 134 Å². The largest absolute Gasteiger partial charge is 0.394 e. The predicted octanol–water partition coefficient (Wildman–Crippen LogP) is 12.9. The van der Waals surface area contributed by atoms with Crippen molar-refractivity contribution in [1.29, 1.82) is 0 Å². The highest BCUT2D eigenvalue weighted by Gasteiger charge is 2.53. The van der Waals surface area contributed by atoms with Gasteiger partial charge >= 0.3 is 0 Å². The van der Waals surface area contributed by atoms with E-state index in [1.54, 1.807) is 6.08 Å². The van der Waals surface area contributed by atoms with Gasteiger partial charge in [-0.3, -0.25) is 4.79 Å². The number of nitrogens with one attached hydrogen (secondary N) is 1. The second kappa shape index (κ2) is 62.0. The van der Waals surface area contributed by atoms with E-state index >= 15 is 0 Å². The summed E-state index contributed by atoms with van der Waals surface area (Å²) in [5, 5.41) is 121. The molecule has 102 heavy (non-hydrogen) atoms. The van der Waals surface area contributed by atoms with E-state index in [9.17, 15) is 61.0 Å². The number of rotatable bonds is 60. The van der Waals surface area contributed by atoms with Crippen LogP contribution in [-0.2, 0) is 33.2 Å². The first-order valence-electron chi connectivity index (χ1n) is 39.4. The number of hydrogen-bond acceptors (Lipinski definition) is 18. The molecule has 3 fully saturated rings. The van der Waals surface area contributed by atoms with Gasteiger partial charge in [0.2, 0.25) is 5.91 Å². The molecular formula is C83H139NO18. The first-order chi connectivity index (χ1) is 49.8. The lowest BCUT2D eigenvalue weighted by molar-refractivity contribution is -0.379. The van der Waals surface area contributed by atoms with Crippen LogP contribution in [-0.4, -0.2) is 193 Å². The van der Waals surface area contributed by atoms with E-state index in [1.165, 1.54) is 135 Å². The lowest BCUT2D eigenvalue weighted by Gasteiger charge is -2.48. The van der Waals surface area contributed by atoms with Crippen molar-refractivity contribution in [2.45, 2.75) is 356 Å². The maximum absolute atomic E-state index is 13.4. The summed E-state index contributed by atoms with van der Waals surface area (Å²) in [6, 6.07) is -1.03. The zero-order valence-corrected chi connectivity index (χ0v) is 62.3. The molecule has 0 aromatic carbocycles. The van der Waals surface area contributed by atoms with Crippen molar-refractivity contribution in [2.75, 3.05) is 26.4 Å². The first kappa shape index (κ1) is 92.1. The lowest BCUT2D eigenvalue weighted by Crippen LogP contribution is -2.66. The molecule has 0 radical (unpaired) electrons. The van der Waals surface area contributed by atoms with Gasteiger partial charge in [-0.2, -0.15) is 0 Å². The molecule has 19 heteroatoms. The molecule has 0 aliphatic carbocycles. The standard InChI is InChI=1S/C83H139NO18/c1-3-5-7-9-11-13-15-17-19-21-23-25-27-29-31-33-35-37-39-41-43-45-47-49-51-53-55-57-59-61-71(89)84-66(67(88)60-58-56-54-52-50-48-46-44-42-40-38-36-34-32-30-28-26-24-22-20-18-16-14-12-10-8-6-4-2)65-97-81-77(95)74(92)79(69(63-86)99-81)102-83-78(96)75(93)80(70(64-87)100-83)101-82-76(94)73(91)72(90)68(62-85)98-82/h5,7,11,13,17,19,23,25,29,31,35,37,41,43,47,49-50,52-53,55,58,60,66-70,72-83,85-88,90-96H,3-4,6,8-10,12,14-16,18,20-22,24,26-28,30,32-34,36,38-40,42,44-46,48,51,54,56-57,59,61-65H2,1-2H3,(H,84,89)/b7-5-,13-11-,19-17-,25-23-,31-29-,37-35-,43-41-,49-47-,52-50+,55-53-,60-58+. The van der Waals surface area contributed by atoms with Crippen molar-refractivity contribution < 1.29 is 89.4 Å². The summed E-state index contributed by atoms with van der Waals surface area (Å²) in [5.41, 5.74) is 0. The Morgan fingerprint density at radius 2 is 0.686 bits per heavy atom. The molecule has 3 saturated heterocycles. The van der Waals surface area contributed by atoms with Crippen LogP contribution in [0.25, 0.3) is 0 Å². The minimum Gasteiger partial charge on any atom is -0.394 e. The lowest BCUT2D eigenvalue weighted by atomic mass is 9.96. The van der Waals surface area contributed by atoms with Crippen LogP contribution in [0.5, 0.6) is 0 Å². The van der Waals surface area contributed by atoms with Crippen LogP contribution in [0, 0.1) is 0 Å². The van der Waals surface area contributed by atoms with Crippen molar-refractivity contribution in [3.63, 3.8) is 0 Å². The smallest absolute Gasteiger partial charge is 0.220 e. The fourth-order valence-electron chi connectivity index (χ4n) is 12.4. The molecule has 3 aliphatic heterocycles. The molecule has 0 saturated carbocycles. The van der Waals surface area contributed by atoms with Gasteiger partial charge in [-0.1, -0.05) is 282 Å². The highest BCUT2D eigenvalue weighted by Crippen LogP contribution is 2.33. The minimum absolute atomic E-state index is 0.146. The Labute approximate surface area is 613 Å². The van der Waals surface area contributed by atoms with Crippen LogP contribution in [0.3, 0.4) is 0 Å². The number of allylic oxidation sites excluding steroid dienone is 21. The molecule has 584 valence electrons. The Morgan fingerprint density at radius 3 is 1.10 bits per heavy atom. The van der Waals surface area contributed by atoms with Gasteiger partial charge < -0.3 is 89.9 Å². The van der Waals surface area contributed by atoms with Crippen molar-refractivity contribution in [1.82, 2.24) is 5.32 Å². The third kappa shape index (κ3) is 41.7. The predicted molar refractivity (Wildman–Crippen MR) is 406 cm³/mol. The average Bonchev–Trinajstić information content (AvgIpc) is 0.766. The first-order valence-corrected chi connectivity index (χ1v) is 39.4. The van der Waals surface area contributed by atoms with Crippen molar-refractivity contribution in [2.24, 2.45) is 0 Å². The Morgan fingerprint density at radius 1 is 0.363 bits per heavy atom. The zero-order valence-electron chi connectivity index (χ0n) is 62.3. The molecule has 0 spiro atoms. The molecule has 0 aromatic rings. The molecule has 1 amide bonds. The third-order valence-corrected chi connectivity index (χ3v) is 18.7. The van der Waals surface area contributed by atoms with E-state index in [-0.39, 0.29) is 12.3 Å². The molecule has 19 nitrogen and oxygen atoms in total. The highest BCUT2D eigenvalue weighted by molar-refractivity contribution is 5.76. The molecule has 12 N–H and O–H groups in total. The Balaban J connectivity index is 1.43. The highest BCUT2D eigenvalue weighted by atomic mass is 16.8. The maximum atomic E-state index is 13.4. The van der Waals surface area contributed by atoms with Crippen LogP contribution in [0.15, 0.2) is 134 Å². The molecule has 0 bridgehead atoms. The third-order valence-electron chi connectivity index (χ3n) is 18.7.